The molecule has 0 spiro atoms. The SMILES string of the molecule is CN(CCc1nnc(N)s1)CC1CCc2nccn2C1. The van der Waals surface area contributed by atoms with Crippen LogP contribution in [0.1, 0.15) is 17.3 Å². The minimum atomic E-state index is 0.558. The van der Waals surface area contributed by atoms with Gasteiger partial charge < -0.3 is 15.2 Å². The molecule has 3 heterocycles. The lowest BCUT2D eigenvalue weighted by Gasteiger charge is -2.28. The van der Waals surface area contributed by atoms with Crippen LogP contribution in [0.3, 0.4) is 0 Å². The molecule has 0 saturated heterocycles. The Labute approximate surface area is 122 Å². The number of imidazole rings is 1. The summed E-state index contributed by atoms with van der Waals surface area (Å²) >= 11 is 1.48. The highest BCUT2D eigenvalue weighted by atomic mass is 32.1. The van der Waals surface area contributed by atoms with Crippen molar-refractivity contribution >= 4 is 16.5 Å². The van der Waals surface area contributed by atoms with Gasteiger partial charge in [-0.25, -0.2) is 4.98 Å². The highest BCUT2D eigenvalue weighted by Crippen LogP contribution is 2.19. The summed E-state index contributed by atoms with van der Waals surface area (Å²) in [7, 11) is 2.17. The summed E-state index contributed by atoms with van der Waals surface area (Å²) in [6.07, 6.45) is 7.24. The molecule has 0 aromatic carbocycles. The molecule has 0 aliphatic carbocycles. The van der Waals surface area contributed by atoms with Crippen LogP contribution in [0.2, 0.25) is 0 Å². The van der Waals surface area contributed by atoms with Crippen molar-refractivity contribution in [1.29, 1.82) is 0 Å². The van der Waals surface area contributed by atoms with Crippen LogP contribution < -0.4 is 5.73 Å². The van der Waals surface area contributed by atoms with Crippen LogP contribution in [-0.4, -0.2) is 44.8 Å². The number of likely N-dealkylation sites (N-methyl/N-ethyl adjacent to an activating group) is 1. The van der Waals surface area contributed by atoms with Crippen molar-refractivity contribution in [3.05, 3.63) is 23.2 Å². The summed E-state index contributed by atoms with van der Waals surface area (Å²) in [6.45, 7) is 3.21. The Kier molecular flexibility index (Phi) is 3.98. The van der Waals surface area contributed by atoms with Crippen molar-refractivity contribution < 1.29 is 0 Å². The maximum absolute atomic E-state index is 5.59. The fraction of sp³-hybridized carbons (Fsp3) is 0.615. The lowest BCUT2D eigenvalue weighted by Crippen LogP contribution is -2.32. The van der Waals surface area contributed by atoms with Crippen LogP contribution in [-0.2, 0) is 19.4 Å². The largest absolute Gasteiger partial charge is 0.374 e. The van der Waals surface area contributed by atoms with E-state index in [0.717, 1.165) is 37.5 Å². The topological polar surface area (TPSA) is 72.9 Å². The number of nitrogens with zero attached hydrogens (tertiary/aromatic N) is 5. The van der Waals surface area contributed by atoms with Crippen molar-refractivity contribution in [2.45, 2.75) is 25.8 Å². The van der Waals surface area contributed by atoms with Crippen LogP contribution in [0.5, 0.6) is 0 Å². The lowest BCUT2D eigenvalue weighted by atomic mass is 9.99. The molecule has 20 heavy (non-hydrogen) atoms. The van der Waals surface area contributed by atoms with Gasteiger partial charge in [-0.2, -0.15) is 0 Å². The molecule has 0 saturated carbocycles. The summed E-state index contributed by atoms with van der Waals surface area (Å²) in [5.74, 6) is 1.94. The van der Waals surface area contributed by atoms with Gasteiger partial charge in [-0.15, -0.1) is 10.2 Å². The zero-order valence-electron chi connectivity index (χ0n) is 11.7. The van der Waals surface area contributed by atoms with Gasteiger partial charge >= 0.3 is 0 Å². The maximum atomic E-state index is 5.59. The number of fused-ring (bicyclic) bond motifs is 1. The third-order valence-corrected chi connectivity index (χ3v) is 4.60. The first-order valence-electron chi connectivity index (χ1n) is 6.97. The molecule has 0 radical (unpaired) electrons. The number of hydrogen-bond acceptors (Lipinski definition) is 6. The average Bonchev–Trinajstić information content (AvgIpc) is 3.04. The van der Waals surface area contributed by atoms with Crippen molar-refractivity contribution in [2.24, 2.45) is 5.92 Å². The zero-order valence-corrected chi connectivity index (χ0v) is 12.5. The van der Waals surface area contributed by atoms with Crippen LogP contribution >= 0.6 is 11.3 Å². The number of hydrogen-bond donors (Lipinski definition) is 1. The molecule has 7 heteroatoms. The minimum Gasteiger partial charge on any atom is -0.374 e. The quantitative estimate of drug-likeness (QED) is 0.892. The van der Waals surface area contributed by atoms with Gasteiger partial charge in [0.2, 0.25) is 5.13 Å². The summed E-state index contributed by atoms with van der Waals surface area (Å²) in [6, 6.07) is 0. The molecule has 2 aromatic heterocycles. The zero-order chi connectivity index (χ0) is 13.9. The summed E-state index contributed by atoms with van der Waals surface area (Å²) in [4.78, 5) is 6.75. The third-order valence-electron chi connectivity index (χ3n) is 3.79. The summed E-state index contributed by atoms with van der Waals surface area (Å²) < 4.78 is 2.29. The van der Waals surface area contributed by atoms with E-state index in [9.17, 15) is 0 Å². The molecule has 3 rings (SSSR count). The van der Waals surface area contributed by atoms with E-state index >= 15 is 0 Å². The Bertz CT molecular complexity index is 563. The second kappa shape index (κ2) is 5.88. The van der Waals surface area contributed by atoms with E-state index in [0.29, 0.717) is 11.0 Å². The third kappa shape index (κ3) is 3.16. The Balaban J connectivity index is 1.46. The van der Waals surface area contributed by atoms with Gasteiger partial charge in [0.15, 0.2) is 0 Å². The molecule has 2 aromatic rings. The normalized spacial score (nSPS) is 18.4. The van der Waals surface area contributed by atoms with Gasteiger partial charge in [-0.3, -0.25) is 0 Å². The molecule has 0 amide bonds. The molecule has 6 nitrogen and oxygen atoms in total. The van der Waals surface area contributed by atoms with Gasteiger partial charge in [-0.1, -0.05) is 11.3 Å². The number of aryl methyl sites for hydroxylation is 1. The monoisotopic (exact) mass is 292 g/mol. The molecule has 108 valence electrons. The first-order valence-corrected chi connectivity index (χ1v) is 7.79. The highest BCUT2D eigenvalue weighted by molar-refractivity contribution is 7.15. The van der Waals surface area contributed by atoms with Crippen molar-refractivity contribution in [3.63, 3.8) is 0 Å². The first-order chi connectivity index (χ1) is 9.70. The number of anilines is 1. The molecule has 1 aliphatic heterocycles. The van der Waals surface area contributed by atoms with E-state index in [1.807, 2.05) is 6.20 Å². The van der Waals surface area contributed by atoms with Crippen LogP contribution in [0.15, 0.2) is 12.4 Å². The van der Waals surface area contributed by atoms with Gasteiger partial charge in [0, 0.05) is 44.9 Å². The molecule has 0 bridgehead atoms. The van der Waals surface area contributed by atoms with Gasteiger partial charge in [-0.05, 0) is 19.4 Å². The second-order valence-electron chi connectivity index (χ2n) is 5.45. The predicted octanol–water partition coefficient (Wildman–Crippen LogP) is 1.05. The molecule has 1 unspecified atom stereocenters. The van der Waals surface area contributed by atoms with Crippen molar-refractivity contribution in [3.8, 4) is 0 Å². The maximum Gasteiger partial charge on any atom is 0.203 e. The fourth-order valence-electron chi connectivity index (χ4n) is 2.77. The smallest absolute Gasteiger partial charge is 0.203 e. The van der Waals surface area contributed by atoms with Crippen LogP contribution in [0.4, 0.5) is 5.13 Å². The van der Waals surface area contributed by atoms with E-state index in [4.69, 9.17) is 5.73 Å². The van der Waals surface area contributed by atoms with Crippen molar-refractivity contribution in [1.82, 2.24) is 24.6 Å². The highest BCUT2D eigenvalue weighted by Gasteiger charge is 2.20. The first kappa shape index (κ1) is 13.5. The standard InChI is InChI=1S/C13H20N6S/c1-18(6-4-12-16-17-13(14)20-12)8-10-2-3-11-15-5-7-19(11)9-10/h5,7,10H,2-4,6,8-9H2,1H3,(H2,14,17). The number of rotatable bonds is 5. The molecule has 1 aliphatic rings. The number of nitrogens with two attached hydrogens (primary N) is 1. The Morgan fingerprint density at radius 2 is 2.40 bits per heavy atom. The molecule has 1 atom stereocenters. The minimum absolute atomic E-state index is 0.558. The van der Waals surface area contributed by atoms with Crippen molar-refractivity contribution in [2.75, 3.05) is 25.9 Å². The number of nitrogen functional groups attached to an aromatic ring is 1. The lowest BCUT2D eigenvalue weighted by molar-refractivity contribution is 0.236. The van der Waals surface area contributed by atoms with Crippen LogP contribution in [0.25, 0.3) is 0 Å². The van der Waals surface area contributed by atoms with E-state index < -0.39 is 0 Å². The van der Waals surface area contributed by atoms with E-state index in [-0.39, 0.29) is 0 Å². The van der Waals surface area contributed by atoms with E-state index in [2.05, 4.69) is 37.9 Å². The molecular weight excluding hydrogens is 272 g/mol. The fourth-order valence-corrected chi connectivity index (χ4v) is 3.37. The Morgan fingerprint density at radius 1 is 1.50 bits per heavy atom. The number of aromatic nitrogens is 4. The van der Waals surface area contributed by atoms with E-state index in [1.165, 1.54) is 23.6 Å². The van der Waals surface area contributed by atoms with Gasteiger partial charge in [0.1, 0.15) is 10.8 Å². The molecule has 2 N–H and O–H groups in total. The van der Waals surface area contributed by atoms with Crippen LogP contribution in [0, 0.1) is 5.92 Å². The van der Waals surface area contributed by atoms with E-state index in [1.54, 1.807) is 0 Å². The summed E-state index contributed by atoms with van der Waals surface area (Å²) in [5, 5.41) is 9.49. The Morgan fingerprint density at radius 3 is 3.20 bits per heavy atom. The molecule has 0 fully saturated rings. The Hall–Kier alpha value is -1.47. The molecular formula is C13H20N6S. The average molecular weight is 292 g/mol. The van der Waals surface area contributed by atoms with Gasteiger partial charge in [0.05, 0.1) is 0 Å². The second-order valence-corrected chi connectivity index (χ2v) is 6.54. The predicted molar refractivity (Wildman–Crippen MR) is 79.6 cm³/mol. The summed E-state index contributed by atoms with van der Waals surface area (Å²) in [5.41, 5.74) is 5.59. The van der Waals surface area contributed by atoms with Gasteiger partial charge in [0.25, 0.3) is 0 Å².